The number of carbonyl (C=O) groups is 2. The van der Waals surface area contributed by atoms with Gasteiger partial charge in [-0.05, 0) is 69.7 Å². The second-order valence-corrected chi connectivity index (χ2v) is 13.5. The monoisotopic (exact) mass is 671 g/mol. The number of rotatable bonds is 4. The lowest BCUT2D eigenvalue weighted by atomic mass is 9.65. The van der Waals surface area contributed by atoms with Gasteiger partial charge < -0.3 is 33.3 Å². The molecule has 6 atom stereocenters. The Hall–Kier alpha value is -2.57. The molecule has 0 bridgehead atoms. The fraction of sp³-hybridized carbons (Fsp3) is 0.438. The van der Waals surface area contributed by atoms with Crippen molar-refractivity contribution in [3.8, 4) is 0 Å². The van der Waals surface area contributed by atoms with Crippen molar-refractivity contribution in [3.63, 3.8) is 0 Å². The number of nitrogens with zero attached hydrogens (tertiary/aromatic N) is 1. The first-order valence-corrected chi connectivity index (χ1v) is 15.3. The van der Waals surface area contributed by atoms with E-state index in [-0.39, 0.29) is 18.0 Å². The zero-order valence-electron chi connectivity index (χ0n) is 24.3. The number of methoxy groups -OCH3 is 1. The number of Topliss-reactive ketones (excluding diaryl/α,β-unsaturated/α-hetero) is 1. The highest BCUT2D eigenvalue weighted by Gasteiger charge is 2.76. The first-order valence-electron chi connectivity index (χ1n) is 14.1. The molecule has 3 fully saturated rings. The van der Waals surface area contributed by atoms with Crippen LogP contribution in [0.5, 0.6) is 0 Å². The van der Waals surface area contributed by atoms with Crippen LogP contribution in [0, 0.1) is 5.41 Å². The van der Waals surface area contributed by atoms with Crippen molar-refractivity contribution in [1.29, 1.82) is 0 Å². The normalized spacial score (nSPS) is 33.1. The molecule has 226 valence electrons. The Morgan fingerprint density at radius 2 is 1.74 bits per heavy atom. The second-order valence-electron chi connectivity index (χ2n) is 12.2. The zero-order valence-corrected chi connectivity index (χ0v) is 26.6. The summed E-state index contributed by atoms with van der Waals surface area (Å²) < 4.78 is 38.3. The summed E-state index contributed by atoms with van der Waals surface area (Å²) in [4.78, 5) is 31.0. The van der Waals surface area contributed by atoms with E-state index in [1.165, 1.54) is 7.11 Å². The van der Waals surface area contributed by atoms with Gasteiger partial charge in [0.25, 0.3) is 0 Å². The zero-order chi connectivity index (χ0) is 30.5. The predicted molar refractivity (Wildman–Crippen MR) is 160 cm³/mol. The number of hydrogen-bond acceptors (Lipinski definition) is 9. The van der Waals surface area contributed by atoms with Gasteiger partial charge in [0, 0.05) is 26.8 Å². The minimum Gasteiger partial charge on any atom is -0.466 e. The van der Waals surface area contributed by atoms with Crippen LogP contribution in [0.2, 0.25) is 5.02 Å². The molecule has 0 amide bonds. The lowest BCUT2D eigenvalue weighted by Crippen LogP contribution is -2.60. The summed E-state index contributed by atoms with van der Waals surface area (Å²) in [6.45, 7) is 7.37. The lowest BCUT2D eigenvalue weighted by Gasteiger charge is -2.43. The molecule has 2 aromatic rings. The number of ether oxygens (including phenoxy) is 6. The van der Waals surface area contributed by atoms with Crippen LogP contribution in [0.15, 0.2) is 58.7 Å². The molecule has 5 aliphatic rings. The second kappa shape index (κ2) is 9.97. The molecule has 0 N–H and O–H groups in total. The minimum absolute atomic E-state index is 0.172. The highest BCUT2D eigenvalue weighted by atomic mass is 79.9. The van der Waals surface area contributed by atoms with Crippen molar-refractivity contribution in [3.05, 3.63) is 80.4 Å². The van der Waals surface area contributed by atoms with Gasteiger partial charge in [-0.15, -0.1) is 0 Å². The molecule has 0 radical (unpaired) electrons. The molecule has 0 unspecified atom stereocenters. The van der Waals surface area contributed by atoms with E-state index in [4.69, 9.17) is 40.0 Å². The van der Waals surface area contributed by atoms with Gasteiger partial charge in [-0.2, -0.15) is 0 Å². The molecule has 3 saturated heterocycles. The highest BCUT2D eigenvalue weighted by molar-refractivity contribution is 9.10. The summed E-state index contributed by atoms with van der Waals surface area (Å²) in [7, 11) is 1.33. The van der Waals surface area contributed by atoms with Crippen molar-refractivity contribution in [2.24, 2.45) is 5.41 Å². The highest BCUT2D eigenvalue weighted by Crippen LogP contribution is 2.64. The van der Waals surface area contributed by atoms with Gasteiger partial charge >= 0.3 is 5.97 Å². The summed E-state index contributed by atoms with van der Waals surface area (Å²) in [6.07, 6.45) is 0.426. The number of hydrogen-bond donors (Lipinski definition) is 0. The largest absolute Gasteiger partial charge is 0.466 e. The number of halogens is 2. The Balaban J connectivity index is 1.54. The van der Waals surface area contributed by atoms with E-state index in [1.807, 2.05) is 49.2 Å². The summed E-state index contributed by atoms with van der Waals surface area (Å²) in [5.74, 6) is -2.82. The number of fused-ring (bicyclic) bond motifs is 5. The van der Waals surface area contributed by atoms with Gasteiger partial charge in [0.15, 0.2) is 23.6 Å². The van der Waals surface area contributed by atoms with Crippen molar-refractivity contribution in [2.45, 2.75) is 69.9 Å². The molecular formula is C32H31BrClNO8. The van der Waals surface area contributed by atoms with Crippen molar-refractivity contribution in [2.75, 3.05) is 13.7 Å². The van der Waals surface area contributed by atoms with E-state index >= 15 is 0 Å². The van der Waals surface area contributed by atoms with Gasteiger partial charge in [0.2, 0.25) is 0 Å². The van der Waals surface area contributed by atoms with Gasteiger partial charge in [0.1, 0.15) is 24.4 Å². The fourth-order valence-electron chi connectivity index (χ4n) is 7.25. The molecule has 2 aromatic carbocycles. The molecular weight excluding hydrogens is 642 g/mol. The van der Waals surface area contributed by atoms with E-state index in [2.05, 4.69) is 15.9 Å². The third kappa shape index (κ3) is 4.29. The third-order valence-electron chi connectivity index (χ3n) is 8.78. The Morgan fingerprint density at radius 3 is 2.42 bits per heavy atom. The molecule has 0 aliphatic carbocycles. The van der Waals surface area contributed by atoms with E-state index < -0.39 is 53.6 Å². The first-order chi connectivity index (χ1) is 20.4. The number of benzene rings is 2. The van der Waals surface area contributed by atoms with Crippen LogP contribution in [-0.4, -0.2) is 72.6 Å². The van der Waals surface area contributed by atoms with Gasteiger partial charge in [-0.25, -0.2) is 4.79 Å². The first kappa shape index (κ1) is 29.2. The van der Waals surface area contributed by atoms with Crippen LogP contribution < -0.4 is 0 Å². The quantitative estimate of drug-likeness (QED) is 0.306. The maximum Gasteiger partial charge on any atom is 0.336 e. The topological polar surface area (TPSA) is 92.8 Å². The maximum absolute atomic E-state index is 14.9. The van der Waals surface area contributed by atoms with E-state index in [0.29, 0.717) is 16.3 Å². The number of esters is 1. The Kier molecular flexibility index (Phi) is 6.76. The smallest absolute Gasteiger partial charge is 0.336 e. The molecule has 11 heteroatoms. The van der Waals surface area contributed by atoms with Crippen LogP contribution in [0.4, 0.5) is 0 Å². The SMILES string of the molecule is COC(=O)C1=C2c3cccc(Br)c3C=CN2[C@@H](C(=O)c2ccc(Cl)cc2)[C@@]12[C@@H]([C@H]1COC(C)(C)O1)O[C@@H]1OC(C)(C)O[C@@H]12. The molecule has 43 heavy (non-hydrogen) atoms. The van der Waals surface area contributed by atoms with E-state index in [9.17, 15) is 9.59 Å². The standard InChI is InChI=1S/C32H31BrClNO8/c1-30(2)39-15-21(41-30)26-32(27-29(40-26)43-31(3,4)42-27)22(28(37)38-5)23-19-7-6-8-20(33)18(19)13-14-35(23)25(32)24(36)16-9-11-17(34)12-10-16/h6-14,21,25-27,29H,15H2,1-5H3/t21-,25+,26-,27+,29-,32-/m1/s1. The van der Waals surface area contributed by atoms with Crippen molar-refractivity contribution in [1.82, 2.24) is 4.90 Å². The molecule has 9 nitrogen and oxygen atoms in total. The maximum atomic E-state index is 14.9. The van der Waals surface area contributed by atoms with Crippen LogP contribution in [-0.2, 0) is 33.2 Å². The molecule has 7 rings (SSSR count). The average molecular weight is 673 g/mol. The predicted octanol–water partition coefficient (Wildman–Crippen LogP) is 5.55. The third-order valence-corrected chi connectivity index (χ3v) is 9.73. The summed E-state index contributed by atoms with van der Waals surface area (Å²) >= 11 is 9.87. The van der Waals surface area contributed by atoms with Crippen LogP contribution in [0.1, 0.15) is 49.2 Å². The summed E-state index contributed by atoms with van der Waals surface area (Å²) in [6, 6.07) is 11.4. The number of carbonyl (C=O) groups excluding carboxylic acids is 2. The van der Waals surface area contributed by atoms with E-state index in [1.54, 1.807) is 38.1 Å². The van der Waals surface area contributed by atoms with Gasteiger partial charge in [-0.3, -0.25) is 4.79 Å². The summed E-state index contributed by atoms with van der Waals surface area (Å²) in [5.41, 5.74) is 1.39. The Labute approximate surface area is 262 Å². The average Bonchev–Trinajstić information content (AvgIpc) is 3.66. The van der Waals surface area contributed by atoms with Crippen LogP contribution in [0.25, 0.3) is 11.8 Å². The molecule has 1 spiro atoms. The van der Waals surface area contributed by atoms with Gasteiger partial charge in [0.05, 0.1) is 30.4 Å². The Bertz CT molecular complexity index is 1590. The molecule has 5 heterocycles. The molecule has 5 aliphatic heterocycles. The lowest BCUT2D eigenvalue weighted by molar-refractivity contribution is -0.235. The van der Waals surface area contributed by atoms with Crippen LogP contribution in [0.3, 0.4) is 0 Å². The minimum atomic E-state index is -1.44. The number of ketones is 1. The van der Waals surface area contributed by atoms with Gasteiger partial charge in [-0.1, -0.05) is 39.7 Å². The fourth-order valence-corrected chi connectivity index (χ4v) is 7.87. The summed E-state index contributed by atoms with van der Waals surface area (Å²) in [5, 5.41) is 0.499. The van der Waals surface area contributed by atoms with Crippen LogP contribution >= 0.6 is 27.5 Å². The Morgan fingerprint density at radius 1 is 1.00 bits per heavy atom. The molecule has 0 saturated carbocycles. The van der Waals surface area contributed by atoms with Crippen molar-refractivity contribution >= 4 is 51.1 Å². The van der Waals surface area contributed by atoms with Crippen molar-refractivity contribution < 1.29 is 38.0 Å². The van der Waals surface area contributed by atoms with E-state index in [0.717, 1.165) is 15.6 Å². The molecule has 0 aromatic heterocycles.